The minimum absolute atomic E-state index is 0.166. The number of carbonyl (C=O) groups excluding carboxylic acids is 2. The predicted molar refractivity (Wildman–Crippen MR) is 197 cm³/mol. The van der Waals surface area contributed by atoms with Crippen molar-refractivity contribution in [3.05, 3.63) is 12.2 Å². The topological polar surface area (TPSA) is 186 Å². The van der Waals surface area contributed by atoms with Gasteiger partial charge in [-0.15, -0.1) is 0 Å². The van der Waals surface area contributed by atoms with Crippen molar-refractivity contribution < 1.29 is 56.8 Å². The van der Waals surface area contributed by atoms with Crippen molar-refractivity contribution in [2.24, 2.45) is 0 Å². The molecule has 13 heteroatoms. The number of rotatable bonds is 32. The van der Waals surface area contributed by atoms with E-state index in [1.54, 1.807) is 0 Å². The Bertz CT molecular complexity index is 1020. The Balaban J connectivity index is 2.47. The molecule has 0 aromatic rings. The second kappa shape index (κ2) is 29.8. The van der Waals surface area contributed by atoms with Crippen molar-refractivity contribution in [1.82, 2.24) is 0 Å². The molecule has 0 spiro atoms. The van der Waals surface area contributed by atoms with Crippen molar-refractivity contribution in [3.8, 4) is 0 Å². The average Bonchev–Trinajstić information content (AvgIpc) is 3.09. The van der Waals surface area contributed by atoms with Gasteiger partial charge in [-0.05, 0) is 32.1 Å². The average molecular weight is 751 g/mol. The summed E-state index contributed by atoms with van der Waals surface area (Å²) in [5.41, 5.74) is 0. The number of aliphatic hydroxyl groups is 3. The normalized spacial score (nSPS) is 21.6. The maximum atomic E-state index is 12.7. The molecule has 0 aromatic heterocycles. The monoisotopic (exact) mass is 750 g/mol. The Morgan fingerprint density at radius 2 is 1.14 bits per heavy atom. The zero-order chi connectivity index (χ0) is 37.7. The van der Waals surface area contributed by atoms with Crippen LogP contribution in [-0.4, -0.2) is 96.0 Å². The molecule has 4 N–H and O–H groups in total. The highest BCUT2D eigenvalue weighted by Crippen LogP contribution is 2.24. The van der Waals surface area contributed by atoms with E-state index in [2.05, 4.69) is 26.0 Å². The largest absolute Gasteiger partial charge is 0.462 e. The molecule has 6 atom stereocenters. The first-order valence-corrected chi connectivity index (χ1v) is 21.4. The van der Waals surface area contributed by atoms with Gasteiger partial charge < -0.3 is 34.3 Å². The van der Waals surface area contributed by atoms with E-state index in [0.29, 0.717) is 12.8 Å². The first-order valence-electron chi connectivity index (χ1n) is 19.7. The fourth-order valence-corrected chi connectivity index (χ4v) is 6.64. The van der Waals surface area contributed by atoms with Crippen LogP contribution < -0.4 is 0 Å². The lowest BCUT2D eigenvalue weighted by molar-refractivity contribution is -0.297. The molecule has 1 rings (SSSR count). The zero-order valence-electron chi connectivity index (χ0n) is 31.5. The summed E-state index contributed by atoms with van der Waals surface area (Å²) in [6.45, 7) is 3.67. The molecule has 1 saturated heterocycles. The van der Waals surface area contributed by atoms with Gasteiger partial charge in [-0.3, -0.25) is 14.1 Å². The van der Waals surface area contributed by atoms with Crippen LogP contribution in [0.25, 0.3) is 0 Å². The minimum atomic E-state index is -4.59. The van der Waals surface area contributed by atoms with Gasteiger partial charge in [0.1, 0.15) is 36.8 Å². The fraction of sp³-hybridized carbons (Fsp3) is 0.895. The number of hydrogen-bond donors (Lipinski definition) is 4. The second-order valence-corrected chi connectivity index (χ2v) is 15.4. The molecular weight excluding hydrogens is 680 g/mol. The lowest BCUT2D eigenvalue weighted by Crippen LogP contribution is -2.60. The van der Waals surface area contributed by atoms with E-state index < -0.39 is 71.2 Å². The standard InChI is InChI=1S/C38H70O12S/c1-3-5-7-9-11-13-14-15-16-17-18-19-21-22-24-26-33(39)47-28-31(49-34(40)27-25-23-20-12-10-8-6-4-2)29-48-38-37(43)36(42)35(41)32(50-38)30-51(44,45)46/h9,11,31-32,35-38,41-43H,3-8,10,12-30H2,1-2H3,(H,44,45,46)/b11-9+/t31-,32-,35-,36?,37?,38+/m1/s1. The summed E-state index contributed by atoms with van der Waals surface area (Å²) < 4.78 is 53.7. The van der Waals surface area contributed by atoms with Crippen LogP contribution in [0.1, 0.15) is 162 Å². The van der Waals surface area contributed by atoms with Gasteiger partial charge in [0.15, 0.2) is 12.4 Å². The molecule has 0 radical (unpaired) electrons. The van der Waals surface area contributed by atoms with Crippen molar-refractivity contribution in [2.75, 3.05) is 19.0 Å². The SMILES string of the molecule is CCCC/C=C/CCCCCCCCCCCC(=O)OC[C@H](CO[C@H]1O[C@H](CS(=O)(=O)O)[C@@H](O)C(O)C1O)OC(=O)CCCCCCCCCC. The Kier molecular flexibility index (Phi) is 27.7. The Morgan fingerprint density at radius 3 is 1.69 bits per heavy atom. The molecule has 1 aliphatic rings. The third-order valence-electron chi connectivity index (χ3n) is 9.10. The van der Waals surface area contributed by atoms with Crippen LogP contribution in [0.4, 0.5) is 0 Å². The van der Waals surface area contributed by atoms with Crippen LogP contribution in [0.5, 0.6) is 0 Å². The summed E-state index contributed by atoms with van der Waals surface area (Å²) in [6.07, 6.45) is 18.6. The van der Waals surface area contributed by atoms with Gasteiger partial charge in [-0.1, -0.05) is 129 Å². The van der Waals surface area contributed by atoms with Gasteiger partial charge in [0, 0.05) is 12.8 Å². The number of ether oxygens (including phenoxy) is 4. The van der Waals surface area contributed by atoms with E-state index in [9.17, 15) is 37.9 Å². The fourth-order valence-electron chi connectivity index (χ4n) is 5.95. The minimum Gasteiger partial charge on any atom is -0.462 e. The van der Waals surface area contributed by atoms with Gasteiger partial charge in [0.05, 0.1) is 6.61 Å². The summed E-state index contributed by atoms with van der Waals surface area (Å²) in [5, 5.41) is 30.7. The summed E-state index contributed by atoms with van der Waals surface area (Å²) in [6, 6.07) is 0. The van der Waals surface area contributed by atoms with Crippen LogP contribution in [-0.2, 0) is 38.7 Å². The first kappa shape index (κ1) is 47.4. The highest BCUT2D eigenvalue weighted by Gasteiger charge is 2.46. The molecule has 1 fully saturated rings. The molecule has 51 heavy (non-hydrogen) atoms. The molecule has 0 bridgehead atoms. The van der Waals surface area contributed by atoms with Crippen LogP contribution in [0.2, 0.25) is 0 Å². The Morgan fingerprint density at radius 1 is 0.647 bits per heavy atom. The second-order valence-electron chi connectivity index (χ2n) is 14.0. The lowest BCUT2D eigenvalue weighted by Gasteiger charge is -2.40. The molecule has 12 nitrogen and oxygen atoms in total. The smallest absolute Gasteiger partial charge is 0.306 e. The van der Waals surface area contributed by atoms with Crippen molar-refractivity contribution >= 4 is 22.1 Å². The first-order chi connectivity index (χ1) is 24.5. The maximum absolute atomic E-state index is 12.7. The van der Waals surface area contributed by atoms with Crippen LogP contribution in [0, 0.1) is 0 Å². The number of hydrogen-bond acceptors (Lipinski definition) is 11. The predicted octanol–water partition coefficient (Wildman–Crippen LogP) is 6.72. The summed E-state index contributed by atoms with van der Waals surface area (Å²) >= 11 is 0. The van der Waals surface area contributed by atoms with E-state index in [1.165, 1.54) is 83.5 Å². The number of aliphatic hydroxyl groups excluding tert-OH is 3. The lowest BCUT2D eigenvalue weighted by atomic mass is 10.00. The van der Waals surface area contributed by atoms with E-state index in [-0.39, 0.29) is 19.4 Å². The quantitative estimate of drug-likeness (QED) is 0.0247. The van der Waals surface area contributed by atoms with Gasteiger partial charge in [-0.25, -0.2) is 0 Å². The van der Waals surface area contributed by atoms with Crippen LogP contribution in [0.15, 0.2) is 12.2 Å². The van der Waals surface area contributed by atoms with E-state index in [0.717, 1.165) is 38.5 Å². The van der Waals surface area contributed by atoms with Crippen molar-refractivity contribution in [1.29, 1.82) is 0 Å². The van der Waals surface area contributed by atoms with Crippen LogP contribution >= 0.6 is 0 Å². The Labute approximate surface area is 307 Å². The highest BCUT2D eigenvalue weighted by atomic mass is 32.2. The van der Waals surface area contributed by atoms with Gasteiger partial charge in [-0.2, -0.15) is 8.42 Å². The van der Waals surface area contributed by atoms with Crippen molar-refractivity contribution in [3.63, 3.8) is 0 Å². The number of allylic oxidation sites excluding steroid dienone is 2. The summed E-state index contributed by atoms with van der Waals surface area (Å²) in [7, 11) is -4.59. The third-order valence-corrected chi connectivity index (χ3v) is 9.85. The summed E-state index contributed by atoms with van der Waals surface area (Å²) in [4.78, 5) is 25.2. The van der Waals surface area contributed by atoms with Gasteiger partial charge in [0.2, 0.25) is 0 Å². The molecule has 0 aliphatic carbocycles. The van der Waals surface area contributed by atoms with E-state index >= 15 is 0 Å². The zero-order valence-corrected chi connectivity index (χ0v) is 32.3. The van der Waals surface area contributed by atoms with E-state index in [1.807, 2.05) is 0 Å². The molecule has 0 aromatic carbocycles. The molecule has 1 aliphatic heterocycles. The number of unbranched alkanes of at least 4 members (excludes halogenated alkanes) is 18. The van der Waals surface area contributed by atoms with Crippen LogP contribution in [0.3, 0.4) is 0 Å². The maximum Gasteiger partial charge on any atom is 0.306 e. The molecule has 2 unspecified atom stereocenters. The molecule has 300 valence electrons. The number of carbonyl (C=O) groups is 2. The van der Waals surface area contributed by atoms with Gasteiger partial charge in [0.25, 0.3) is 10.1 Å². The third kappa shape index (κ3) is 25.1. The Hall–Kier alpha value is -1.61. The molecule has 0 saturated carbocycles. The molecular formula is C38H70O12S. The van der Waals surface area contributed by atoms with Crippen molar-refractivity contribution in [2.45, 2.75) is 198 Å². The van der Waals surface area contributed by atoms with Gasteiger partial charge >= 0.3 is 11.9 Å². The highest BCUT2D eigenvalue weighted by molar-refractivity contribution is 7.85. The molecule has 0 amide bonds. The number of esters is 2. The summed E-state index contributed by atoms with van der Waals surface area (Å²) in [5.74, 6) is -1.98. The van der Waals surface area contributed by atoms with E-state index in [4.69, 9.17) is 18.9 Å². The molecule has 1 heterocycles.